The molecule has 118 valence electrons. The summed E-state index contributed by atoms with van der Waals surface area (Å²) in [7, 11) is -3.25. The van der Waals surface area contributed by atoms with E-state index in [0.29, 0.717) is 39.1 Å². The van der Waals surface area contributed by atoms with Gasteiger partial charge in [-0.05, 0) is 26.3 Å². The number of rotatable bonds is 7. The van der Waals surface area contributed by atoms with Gasteiger partial charge in [0.25, 0.3) is 0 Å². The van der Waals surface area contributed by atoms with Crippen LogP contribution in [0.1, 0.15) is 26.7 Å². The minimum absolute atomic E-state index is 0.0823. The van der Waals surface area contributed by atoms with E-state index < -0.39 is 10.0 Å². The van der Waals surface area contributed by atoms with Crippen LogP contribution in [-0.2, 0) is 14.8 Å². The van der Waals surface area contributed by atoms with Crippen LogP contribution in [0.25, 0.3) is 0 Å². The van der Waals surface area contributed by atoms with Crippen LogP contribution in [0.4, 0.5) is 4.79 Å². The summed E-state index contributed by atoms with van der Waals surface area (Å²) < 4.78 is 31.3. The summed E-state index contributed by atoms with van der Waals surface area (Å²) in [5, 5.41) is 2.99. The maximum atomic E-state index is 11.8. The molecule has 1 aliphatic rings. The molecule has 0 aromatic rings. The molecule has 0 unspecified atom stereocenters. The lowest BCUT2D eigenvalue weighted by molar-refractivity contribution is 0.0966. The van der Waals surface area contributed by atoms with Crippen molar-refractivity contribution in [2.75, 3.05) is 38.5 Å². The Labute approximate surface area is 121 Å². The van der Waals surface area contributed by atoms with Crippen LogP contribution in [-0.4, -0.2) is 64.0 Å². The van der Waals surface area contributed by atoms with Gasteiger partial charge in [-0.3, -0.25) is 0 Å². The zero-order chi connectivity index (χ0) is 15.0. The molecular weight excluding hydrogens is 282 g/mol. The second-order valence-corrected chi connectivity index (χ2v) is 6.62. The van der Waals surface area contributed by atoms with Gasteiger partial charge < -0.3 is 15.0 Å². The number of hydrogen-bond donors (Lipinski definition) is 2. The van der Waals surface area contributed by atoms with Crippen LogP contribution in [0.5, 0.6) is 0 Å². The van der Waals surface area contributed by atoms with Crippen molar-refractivity contribution in [1.82, 2.24) is 14.9 Å². The number of carbonyl (C=O) groups excluding carboxylic acids is 1. The molecule has 0 aromatic heterocycles. The first kappa shape index (κ1) is 17.2. The Hall–Kier alpha value is -0.860. The van der Waals surface area contributed by atoms with Gasteiger partial charge in [0.2, 0.25) is 10.0 Å². The molecule has 0 bridgehead atoms. The van der Waals surface area contributed by atoms with Gasteiger partial charge in [-0.1, -0.05) is 6.92 Å². The van der Waals surface area contributed by atoms with Gasteiger partial charge in [0.1, 0.15) is 0 Å². The molecule has 0 atom stereocenters. The molecule has 0 radical (unpaired) electrons. The van der Waals surface area contributed by atoms with Gasteiger partial charge in [-0.15, -0.1) is 0 Å². The molecule has 20 heavy (non-hydrogen) atoms. The average molecular weight is 307 g/mol. The number of piperidine rings is 1. The summed E-state index contributed by atoms with van der Waals surface area (Å²) in [5.74, 6) is 0.0823. The number of amides is 1. The van der Waals surface area contributed by atoms with Gasteiger partial charge in [-0.2, -0.15) is 0 Å². The molecule has 1 fully saturated rings. The Balaban J connectivity index is 2.33. The Morgan fingerprint density at radius 1 is 1.30 bits per heavy atom. The summed E-state index contributed by atoms with van der Waals surface area (Å²) in [4.78, 5) is 13.1. The summed E-state index contributed by atoms with van der Waals surface area (Å²) in [6.07, 6.45) is 0.930. The van der Waals surface area contributed by atoms with E-state index in [1.54, 1.807) is 11.8 Å². The Bertz CT molecular complexity index is 392. The van der Waals surface area contributed by atoms with E-state index in [9.17, 15) is 13.2 Å². The van der Waals surface area contributed by atoms with Crippen molar-refractivity contribution in [3.05, 3.63) is 0 Å². The van der Waals surface area contributed by atoms with Gasteiger partial charge in [0.15, 0.2) is 0 Å². The molecule has 0 aromatic carbocycles. The van der Waals surface area contributed by atoms with E-state index in [-0.39, 0.29) is 17.9 Å². The van der Waals surface area contributed by atoms with Crippen molar-refractivity contribution in [2.24, 2.45) is 0 Å². The van der Waals surface area contributed by atoms with E-state index in [0.717, 1.165) is 6.54 Å². The molecule has 1 aliphatic heterocycles. The van der Waals surface area contributed by atoms with E-state index in [2.05, 4.69) is 10.0 Å². The fourth-order valence-electron chi connectivity index (χ4n) is 2.09. The standard InChI is InChI=1S/C12H25N3O4S/c1-3-13-7-10-20(17,18)14-11-5-8-15(9-6-11)12(16)19-4-2/h11,13-14H,3-10H2,1-2H3. The molecular formula is C12H25N3O4S. The summed E-state index contributed by atoms with van der Waals surface area (Å²) in [6, 6.07) is -0.0905. The van der Waals surface area contributed by atoms with Crippen LogP contribution in [0.15, 0.2) is 0 Å². The normalized spacial score (nSPS) is 17.2. The third kappa shape index (κ3) is 6.06. The second-order valence-electron chi connectivity index (χ2n) is 4.75. The van der Waals surface area contributed by atoms with Crippen LogP contribution < -0.4 is 10.0 Å². The highest BCUT2D eigenvalue weighted by molar-refractivity contribution is 7.89. The molecule has 1 rings (SSSR count). The average Bonchev–Trinajstić information content (AvgIpc) is 2.39. The zero-order valence-electron chi connectivity index (χ0n) is 12.2. The van der Waals surface area contributed by atoms with E-state index in [1.165, 1.54) is 0 Å². The Morgan fingerprint density at radius 2 is 1.95 bits per heavy atom. The third-order valence-electron chi connectivity index (χ3n) is 3.16. The summed E-state index contributed by atoms with van der Waals surface area (Å²) in [6.45, 7) is 6.32. The lowest BCUT2D eigenvalue weighted by atomic mass is 10.1. The number of ether oxygens (including phenoxy) is 1. The van der Waals surface area contributed by atoms with Crippen molar-refractivity contribution in [3.8, 4) is 0 Å². The maximum absolute atomic E-state index is 11.8. The summed E-state index contributed by atoms with van der Waals surface area (Å²) >= 11 is 0. The van der Waals surface area contributed by atoms with Crippen molar-refractivity contribution >= 4 is 16.1 Å². The number of nitrogens with zero attached hydrogens (tertiary/aromatic N) is 1. The van der Waals surface area contributed by atoms with Gasteiger partial charge in [0, 0.05) is 25.7 Å². The lowest BCUT2D eigenvalue weighted by Gasteiger charge is -2.31. The number of hydrogen-bond acceptors (Lipinski definition) is 5. The topological polar surface area (TPSA) is 87.7 Å². The minimum atomic E-state index is -3.25. The molecule has 0 saturated carbocycles. The first-order chi connectivity index (χ1) is 9.48. The summed E-state index contributed by atoms with van der Waals surface area (Å²) in [5.41, 5.74) is 0. The first-order valence-corrected chi connectivity index (χ1v) is 8.76. The lowest BCUT2D eigenvalue weighted by Crippen LogP contribution is -2.47. The molecule has 1 heterocycles. The highest BCUT2D eigenvalue weighted by Gasteiger charge is 2.26. The van der Waals surface area contributed by atoms with E-state index in [4.69, 9.17) is 4.74 Å². The van der Waals surface area contributed by atoms with Crippen molar-refractivity contribution < 1.29 is 17.9 Å². The number of likely N-dealkylation sites (tertiary alicyclic amines) is 1. The molecule has 7 nitrogen and oxygen atoms in total. The number of nitrogens with one attached hydrogen (secondary N) is 2. The van der Waals surface area contributed by atoms with Crippen molar-refractivity contribution in [1.29, 1.82) is 0 Å². The van der Waals surface area contributed by atoms with Gasteiger partial charge >= 0.3 is 6.09 Å². The van der Waals surface area contributed by atoms with Crippen LogP contribution >= 0.6 is 0 Å². The SMILES string of the molecule is CCNCCS(=O)(=O)NC1CCN(C(=O)OCC)CC1. The Morgan fingerprint density at radius 3 is 2.50 bits per heavy atom. The predicted octanol–water partition coefficient (Wildman–Crippen LogP) is 0.136. The largest absolute Gasteiger partial charge is 0.450 e. The smallest absolute Gasteiger partial charge is 0.409 e. The fraction of sp³-hybridized carbons (Fsp3) is 0.917. The first-order valence-electron chi connectivity index (χ1n) is 7.11. The molecule has 8 heteroatoms. The van der Waals surface area contributed by atoms with Crippen molar-refractivity contribution in [3.63, 3.8) is 0 Å². The van der Waals surface area contributed by atoms with Gasteiger partial charge in [-0.25, -0.2) is 17.9 Å². The monoisotopic (exact) mass is 307 g/mol. The third-order valence-corrected chi connectivity index (χ3v) is 4.60. The molecule has 2 N–H and O–H groups in total. The Kier molecular flexibility index (Phi) is 7.25. The molecule has 1 saturated heterocycles. The minimum Gasteiger partial charge on any atom is -0.450 e. The highest BCUT2D eigenvalue weighted by Crippen LogP contribution is 2.12. The zero-order valence-corrected chi connectivity index (χ0v) is 13.0. The maximum Gasteiger partial charge on any atom is 0.409 e. The highest BCUT2D eigenvalue weighted by atomic mass is 32.2. The van der Waals surface area contributed by atoms with Crippen LogP contribution in [0.3, 0.4) is 0 Å². The van der Waals surface area contributed by atoms with Crippen LogP contribution in [0, 0.1) is 0 Å². The van der Waals surface area contributed by atoms with Crippen molar-refractivity contribution in [2.45, 2.75) is 32.7 Å². The van der Waals surface area contributed by atoms with Gasteiger partial charge in [0.05, 0.1) is 12.4 Å². The molecule has 0 aliphatic carbocycles. The van der Waals surface area contributed by atoms with E-state index >= 15 is 0 Å². The fourth-order valence-corrected chi connectivity index (χ4v) is 3.37. The predicted molar refractivity (Wildman–Crippen MR) is 77.1 cm³/mol. The van der Waals surface area contributed by atoms with Crippen LogP contribution in [0.2, 0.25) is 0 Å². The second kappa shape index (κ2) is 8.43. The molecule has 0 spiro atoms. The number of carbonyl (C=O) groups is 1. The molecule has 1 amide bonds. The number of sulfonamides is 1. The van der Waals surface area contributed by atoms with E-state index in [1.807, 2.05) is 6.92 Å². The quantitative estimate of drug-likeness (QED) is 0.653.